The molecule has 1 unspecified atom stereocenters. The number of piperidine rings is 1. The van der Waals surface area contributed by atoms with Crippen LogP contribution in [0.3, 0.4) is 0 Å². The Labute approximate surface area is 198 Å². The number of pyridine rings is 1. The van der Waals surface area contributed by atoms with Gasteiger partial charge in [0.25, 0.3) is 0 Å². The molecule has 0 saturated carbocycles. The molecule has 33 heavy (non-hydrogen) atoms. The van der Waals surface area contributed by atoms with E-state index < -0.39 is 0 Å². The van der Waals surface area contributed by atoms with E-state index in [0.717, 1.165) is 31.0 Å². The number of rotatable bonds is 9. The van der Waals surface area contributed by atoms with Crippen LogP contribution >= 0.6 is 0 Å². The van der Waals surface area contributed by atoms with Gasteiger partial charge in [0, 0.05) is 24.4 Å². The number of hydrogen-bond donors (Lipinski definition) is 0. The van der Waals surface area contributed by atoms with E-state index in [0.29, 0.717) is 5.92 Å². The standard InChI is InChI=1S/C30H37FN2/c1-3-6-26-10-11-27(23(2)30-7-4-5-17-32-30)22-28(26)21-25-15-19-33(20-16-25)18-14-24-8-12-29(31)13-9-24/h4-5,7-13,17,22-23,25H,3,6,14-16,18-21H2,1-2H3. The van der Waals surface area contributed by atoms with Gasteiger partial charge in [-0.3, -0.25) is 4.98 Å². The Morgan fingerprint density at radius 3 is 2.45 bits per heavy atom. The van der Waals surface area contributed by atoms with E-state index in [2.05, 4.69) is 54.1 Å². The van der Waals surface area contributed by atoms with Gasteiger partial charge in [0.2, 0.25) is 0 Å². The molecule has 1 saturated heterocycles. The third-order valence-corrected chi connectivity index (χ3v) is 7.23. The molecular formula is C30H37FN2. The maximum absolute atomic E-state index is 13.1. The number of halogens is 1. The van der Waals surface area contributed by atoms with Gasteiger partial charge in [-0.2, -0.15) is 0 Å². The first-order chi connectivity index (χ1) is 16.1. The van der Waals surface area contributed by atoms with Crippen molar-refractivity contribution in [3.8, 4) is 0 Å². The maximum atomic E-state index is 13.1. The second-order valence-corrected chi connectivity index (χ2v) is 9.62. The third-order valence-electron chi connectivity index (χ3n) is 7.23. The van der Waals surface area contributed by atoms with Crippen LogP contribution in [0.4, 0.5) is 4.39 Å². The number of hydrogen-bond acceptors (Lipinski definition) is 2. The quantitative estimate of drug-likeness (QED) is 0.360. The van der Waals surface area contributed by atoms with E-state index in [4.69, 9.17) is 0 Å². The van der Waals surface area contributed by atoms with Gasteiger partial charge in [-0.15, -0.1) is 0 Å². The molecule has 2 heterocycles. The Kier molecular flexibility index (Phi) is 8.28. The molecule has 0 spiro atoms. The van der Waals surface area contributed by atoms with Crippen molar-refractivity contribution in [3.05, 3.63) is 101 Å². The molecule has 3 aromatic rings. The van der Waals surface area contributed by atoms with Crippen LogP contribution in [-0.2, 0) is 19.3 Å². The average molecular weight is 445 g/mol. The van der Waals surface area contributed by atoms with E-state index in [1.54, 1.807) is 17.7 Å². The summed E-state index contributed by atoms with van der Waals surface area (Å²) in [5, 5.41) is 0. The summed E-state index contributed by atoms with van der Waals surface area (Å²) >= 11 is 0. The van der Waals surface area contributed by atoms with Gasteiger partial charge >= 0.3 is 0 Å². The summed E-state index contributed by atoms with van der Waals surface area (Å²) in [5.41, 5.74) is 6.80. The SMILES string of the molecule is CCCc1ccc(C(C)c2ccccn2)cc1CC1CCN(CCc2ccc(F)cc2)CC1. The lowest BCUT2D eigenvalue weighted by molar-refractivity contribution is 0.185. The number of nitrogens with zero attached hydrogens (tertiary/aromatic N) is 2. The van der Waals surface area contributed by atoms with Gasteiger partial charge in [-0.05, 0) is 97.6 Å². The molecule has 2 aromatic carbocycles. The van der Waals surface area contributed by atoms with Crippen molar-refractivity contribution in [2.45, 2.75) is 58.3 Å². The van der Waals surface area contributed by atoms with Crippen molar-refractivity contribution in [1.29, 1.82) is 0 Å². The topological polar surface area (TPSA) is 16.1 Å². The molecule has 0 amide bonds. The highest BCUT2D eigenvalue weighted by atomic mass is 19.1. The van der Waals surface area contributed by atoms with Gasteiger partial charge in [-0.1, -0.05) is 56.7 Å². The normalized spacial score (nSPS) is 16.1. The molecule has 0 N–H and O–H groups in total. The highest BCUT2D eigenvalue weighted by molar-refractivity contribution is 5.37. The summed E-state index contributed by atoms with van der Waals surface area (Å²) in [6.07, 6.45) is 8.93. The summed E-state index contributed by atoms with van der Waals surface area (Å²) < 4.78 is 13.1. The average Bonchev–Trinajstić information content (AvgIpc) is 2.86. The Morgan fingerprint density at radius 2 is 1.76 bits per heavy atom. The van der Waals surface area contributed by atoms with Crippen LogP contribution in [0.25, 0.3) is 0 Å². The second kappa shape index (κ2) is 11.6. The van der Waals surface area contributed by atoms with E-state index in [1.807, 2.05) is 24.4 Å². The third kappa shape index (κ3) is 6.51. The summed E-state index contributed by atoms with van der Waals surface area (Å²) in [4.78, 5) is 7.16. The zero-order valence-electron chi connectivity index (χ0n) is 20.1. The Hall–Kier alpha value is -2.52. The summed E-state index contributed by atoms with van der Waals surface area (Å²) in [5.74, 6) is 0.914. The molecule has 4 rings (SSSR count). The number of aryl methyl sites for hydroxylation is 1. The smallest absolute Gasteiger partial charge is 0.123 e. The molecule has 1 aromatic heterocycles. The van der Waals surface area contributed by atoms with Crippen LogP contribution in [0.15, 0.2) is 66.9 Å². The summed E-state index contributed by atoms with van der Waals surface area (Å²) in [6, 6.07) is 20.3. The highest BCUT2D eigenvalue weighted by Gasteiger charge is 2.21. The first kappa shape index (κ1) is 23.6. The van der Waals surface area contributed by atoms with Crippen molar-refractivity contribution in [2.75, 3.05) is 19.6 Å². The van der Waals surface area contributed by atoms with E-state index in [1.165, 1.54) is 55.5 Å². The Morgan fingerprint density at radius 1 is 0.970 bits per heavy atom. The molecule has 1 aliphatic rings. The van der Waals surface area contributed by atoms with E-state index in [-0.39, 0.29) is 5.82 Å². The minimum absolute atomic E-state index is 0.152. The van der Waals surface area contributed by atoms with Crippen LogP contribution in [0.5, 0.6) is 0 Å². The first-order valence-electron chi connectivity index (χ1n) is 12.6. The van der Waals surface area contributed by atoms with Crippen molar-refractivity contribution in [2.24, 2.45) is 5.92 Å². The van der Waals surface area contributed by atoms with E-state index >= 15 is 0 Å². The van der Waals surface area contributed by atoms with Crippen LogP contribution < -0.4 is 0 Å². The van der Waals surface area contributed by atoms with Crippen LogP contribution in [0.2, 0.25) is 0 Å². The molecule has 0 bridgehead atoms. The number of benzene rings is 2. The Balaban J connectivity index is 1.36. The zero-order valence-corrected chi connectivity index (χ0v) is 20.1. The molecule has 1 aliphatic heterocycles. The largest absolute Gasteiger partial charge is 0.303 e. The molecule has 0 radical (unpaired) electrons. The summed E-state index contributed by atoms with van der Waals surface area (Å²) in [6.45, 7) is 7.93. The predicted molar refractivity (Wildman–Crippen MR) is 135 cm³/mol. The van der Waals surface area contributed by atoms with Crippen LogP contribution in [0.1, 0.15) is 67.0 Å². The molecular weight excluding hydrogens is 407 g/mol. The van der Waals surface area contributed by atoms with Crippen LogP contribution in [0, 0.1) is 11.7 Å². The predicted octanol–water partition coefficient (Wildman–Crippen LogP) is 6.82. The highest BCUT2D eigenvalue weighted by Crippen LogP contribution is 2.29. The fourth-order valence-electron chi connectivity index (χ4n) is 5.08. The monoisotopic (exact) mass is 444 g/mol. The van der Waals surface area contributed by atoms with Crippen molar-refractivity contribution < 1.29 is 4.39 Å². The minimum atomic E-state index is -0.152. The molecule has 1 fully saturated rings. The number of aromatic nitrogens is 1. The maximum Gasteiger partial charge on any atom is 0.123 e. The van der Waals surface area contributed by atoms with Crippen molar-refractivity contribution in [3.63, 3.8) is 0 Å². The van der Waals surface area contributed by atoms with Gasteiger partial charge in [0.1, 0.15) is 5.82 Å². The molecule has 1 atom stereocenters. The molecule has 174 valence electrons. The number of likely N-dealkylation sites (tertiary alicyclic amines) is 1. The van der Waals surface area contributed by atoms with Gasteiger partial charge in [0.15, 0.2) is 0 Å². The van der Waals surface area contributed by atoms with Crippen LogP contribution in [-0.4, -0.2) is 29.5 Å². The fraction of sp³-hybridized carbons (Fsp3) is 0.433. The van der Waals surface area contributed by atoms with Gasteiger partial charge in [-0.25, -0.2) is 4.39 Å². The van der Waals surface area contributed by atoms with Gasteiger partial charge in [0.05, 0.1) is 0 Å². The van der Waals surface area contributed by atoms with Crippen molar-refractivity contribution in [1.82, 2.24) is 9.88 Å². The molecule has 2 nitrogen and oxygen atoms in total. The lowest BCUT2D eigenvalue weighted by atomic mass is 9.85. The van der Waals surface area contributed by atoms with Gasteiger partial charge < -0.3 is 4.90 Å². The lowest BCUT2D eigenvalue weighted by Gasteiger charge is -2.32. The molecule has 0 aliphatic carbocycles. The Bertz CT molecular complexity index is 992. The second-order valence-electron chi connectivity index (χ2n) is 9.62. The van der Waals surface area contributed by atoms with Crippen molar-refractivity contribution >= 4 is 0 Å². The summed E-state index contributed by atoms with van der Waals surface area (Å²) in [7, 11) is 0. The lowest BCUT2D eigenvalue weighted by Crippen LogP contribution is -2.35. The van der Waals surface area contributed by atoms with E-state index in [9.17, 15) is 4.39 Å². The first-order valence-corrected chi connectivity index (χ1v) is 12.6. The zero-order chi connectivity index (χ0) is 23.0. The fourth-order valence-corrected chi connectivity index (χ4v) is 5.08. The minimum Gasteiger partial charge on any atom is -0.303 e. The molecule has 3 heteroatoms.